The Morgan fingerprint density at radius 1 is 1.27 bits per heavy atom. The number of phenolic OH excluding ortho intramolecular Hbond substituents is 1. The van der Waals surface area contributed by atoms with Crippen LogP contribution in [0.3, 0.4) is 0 Å². The maximum atomic E-state index is 9.58. The molecule has 0 radical (unpaired) electrons. The Bertz CT molecular complexity index is 531. The second kappa shape index (κ2) is 3.57. The molecule has 0 spiro atoms. The Kier molecular flexibility index (Phi) is 2.25. The zero-order valence-corrected chi connectivity index (χ0v) is 8.25. The number of hydrogen-bond acceptors (Lipinski definition) is 3. The van der Waals surface area contributed by atoms with Crippen molar-refractivity contribution in [3.05, 3.63) is 36.0 Å². The first-order valence-electron chi connectivity index (χ1n) is 4.52. The topological polar surface area (TPSA) is 56.4 Å². The van der Waals surface area contributed by atoms with Gasteiger partial charge in [-0.2, -0.15) is 0 Å². The Labute approximate surface area is 86.7 Å². The molecule has 0 aliphatic heterocycles. The van der Waals surface area contributed by atoms with Crippen molar-refractivity contribution in [2.45, 2.75) is 0 Å². The SMILES string of the molecule is C/[N+](O)=C/c1ccc2cccc(O)c2n1. The molecule has 1 aromatic carbocycles. The molecule has 0 aliphatic rings. The van der Waals surface area contributed by atoms with Crippen molar-refractivity contribution in [1.82, 2.24) is 4.98 Å². The summed E-state index contributed by atoms with van der Waals surface area (Å²) in [6, 6.07) is 8.84. The van der Waals surface area contributed by atoms with E-state index in [0.29, 0.717) is 11.2 Å². The van der Waals surface area contributed by atoms with Crippen LogP contribution in [0.1, 0.15) is 5.69 Å². The van der Waals surface area contributed by atoms with Crippen LogP contribution in [0, 0.1) is 0 Å². The van der Waals surface area contributed by atoms with Crippen molar-refractivity contribution in [2.24, 2.45) is 0 Å². The standard InChI is InChI=1S/C11H10N2O2/c1-13(15)7-9-6-5-8-3-2-4-10(14)11(8)12-9/h2-7,15H,1H3/p+1. The van der Waals surface area contributed by atoms with Gasteiger partial charge in [0.2, 0.25) is 6.21 Å². The minimum absolute atomic E-state index is 0.142. The molecule has 76 valence electrons. The minimum Gasteiger partial charge on any atom is -0.506 e. The summed E-state index contributed by atoms with van der Waals surface area (Å²) in [5.74, 6) is 0.142. The van der Waals surface area contributed by atoms with E-state index in [-0.39, 0.29) is 5.75 Å². The van der Waals surface area contributed by atoms with Crippen LogP contribution in [0.25, 0.3) is 10.9 Å². The monoisotopic (exact) mass is 203 g/mol. The highest BCUT2D eigenvalue weighted by Gasteiger charge is 2.03. The molecule has 2 aromatic rings. The predicted molar refractivity (Wildman–Crippen MR) is 56.5 cm³/mol. The molecule has 0 saturated carbocycles. The van der Waals surface area contributed by atoms with E-state index < -0.39 is 0 Å². The highest BCUT2D eigenvalue weighted by Crippen LogP contribution is 2.21. The number of nitrogens with zero attached hydrogens (tertiary/aromatic N) is 2. The van der Waals surface area contributed by atoms with Crippen LogP contribution in [0.15, 0.2) is 30.3 Å². The molecule has 0 saturated heterocycles. The number of benzene rings is 1. The van der Waals surface area contributed by atoms with Crippen molar-refractivity contribution in [3.8, 4) is 5.75 Å². The Morgan fingerprint density at radius 2 is 2.07 bits per heavy atom. The van der Waals surface area contributed by atoms with Crippen molar-refractivity contribution in [3.63, 3.8) is 0 Å². The highest BCUT2D eigenvalue weighted by atomic mass is 16.5. The normalized spacial score (nSPS) is 11.9. The maximum Gasteiger partial charge on any atom is 0.240 e. The molecule has 0 amide bonds. The third-order valence-corrected chi connectivity index (χ3v) is 2.04. The molecular formula is C11H11N2O2+. The number of rotatable bonds is 1. The fraction of sp³-hybridized carbons (Fsp3) is 0.0909. The molecule has 0 aliphatic carbocycles. The Morgan fingerprint density at radius 3 is 2.80 bits per heavy atom. The Balaban J connectivity index is 2.65. The van der Waals surface area contributed by atoms with E-state index in [1.165, 1.54) is 13.3 Å². The zero-order valence-electron chi connectivity index (χ0n) is 8.25. The lowest BCUT2D eigenvalue weighted by molar-refractivity contribution is -0.751. The number of hydrogen-bond donors (Lipinski definition) is 2. The quantitative estimate of drug-likeness (QED) is 0.319. The molecule has 0 unspecified atom stereocenters. The second-order valence-electron chi connectivity index (χ2n) is 3.29. The van der Waals surface area contributed by atoms with E-state index in [1.807, 2.05) is 12.1 Å². The number of pyridine rings is 1. The van der Waals surface area contributed by atoms with E-state index >= 15 is 0 Å². The van der Waals surface area contributed by atoms with Crippen LogP contribution in [0.4, 0.5) is 0 Å². The molecule has 1 heterocycles. The number of para-hydroxylation sites is 1. The summed E-state index contributed by atoms with van der Waals surface area (Å²) < 4.78 is 0.925. The molecule has 0 fully saturated rings. The molecule has 2 N–H and O–H groups in total. The van der Waals surface area contributed by atoms with Crippen LogP contribution in [0.2, 0.25) is 0 Å². The predicted octanol–water partition coefficient (Wildman–Crippen LogP) is 1.39. The summed E-state index contributed by atoms with van der Waals surface area (Å²) in [6.07, 6.45) is 1.46. The van der Waals surface area contributed by atoms with Gasteiger partial charge in [-0.25, -0.2) is 4.98 Å². The van der Waals surface area contributed by atoms with E-state index in [2.05, 4.69) is 4.98 Å². The van der Waals surface area contributed by atoms with E-state index in [0.717, 1.165) is 10.1 Å². The molecule has 4 nitrogen and oxygen atoms in total. The van der Waals surface area contributed by atoms with Crippen molar-refractivity contribution in [2.75, 3.05) is 7.05 Å². The molecule has 2 rings (SSSR count). The molecular weight excluding hydrogens is 192 g/mol. The summed E-state index contributed by atoms with van der Waals surface area (Å²) in [5, 5.41) is 19.5. The number of hydroxylamine groups is 1. The molecule has 0 bridgehead atoms. The lowest BCUT2D eigenvalue weighted by Gasteiger charge is -1.99. The van der Waals surface area contributed by atoms with Crippen molar-refractivity contribution in [1.29, 1.82) is 0 Å². The third-order valence-electron chi connectivity index (χ3n) is 2.04. The fourth-order valence-electron chi connectivity index (χ4n) is 1.41. The average molecular weight is 203 g/mol. The first-order chi connectivity index (χ1) is 7.16. The van der Waals surface area contributed by atoms with Gasteiger partial charge >= 0.3 is 0 Å². The molecule has 15 heavy (non-hydrogen) atoms. The second-order valence-corrected chi connectivity index (χ2v) is 3.29. The lowest BCUT2D eigenvalue weighted by Crippen LogP contribution is -2.02. The van der Waals surface area contributed by atoms with Crippen LogP contribution < -0.4 is 0 Å². The van der Waals surface area contributed by atoms with E-state index in [4.69, 9.17) is 5.21 Å². The van der Waals surface area contributed by atoms with Gasteiger partial charge in [-0.3, -0.25) is 5.21 Å². The summed E-state index contributed by atoms with van der Waals surface area (Å²) in [7, 11) is 1.50. The summed E-state index contributed by atoms with van der Waals surface area (Å²) in [5.41, 5.74) is 1.13. The van der Waals surface area contributed by atoms with Crippen LogP contribution >= 0.6 is 0 Å². The molecule has 4 heteroatoms. The first-order valence-corrected chi connectivity index (χ1v) is 4.52. The Hall–Kier alpha value is -2.10. The van der Waals surface area contributed by atoms with Gasteiger partial charge in [0.1, 0.15) is 17.0 Å². The third kappa shape index (κ3) is 1.88. The van der Waals surface area contributed by atoms with Gasteiger partial charge in [0, 0.05) is 5.39 Å². The minimum atomic E-state index is 0.142. The molecule has 0 atom stereocenters. The van der Waals surface area contributed by atoms with Gasteiger partial charge < -0.3 is 5.11 Å². The van der Waals surface area contributed by atoms with Gasteiger partial charge in [-0.15, -0.1) is 0 Å². The van der Waals surface area contributed by atoms with Crippen LogP contribution in [-0.4, -0.2) is 33.3 Å². The van der Waals surface area contributed by atoms with E-state index in [1.54, 1.807) is 18.2 Å². The largest absolute Gasteiger partial charge is 0.506 e. The van der Waals surface area contributed by atoms with Crippen LogP contribution in [-0.2, 0) is 0 Å². The van der Waals surface area contributed by atoms with Gasteiger partial charge in [-0.1, -0.05) is 18.2 Å². The summed E-state index contributed by atoms with van der Waals surface area (Å²) in [4.78, 5) is 4.21. The molecule has 1 aromatic heterocycles. The average Bonchev–Trinajstić information content (AvgIpc) is 2.18. The number of fused-ring (bicyclic) bond motifs is 1. The summed E-state index contributed by atoms with van der Waals surface area (Å²) >= 11 is 0. The summed E-state index contributed by atoms with van der Waals surface area (Å²) in [6.45, 7) is 0. The smallest absolute Gasteiger partial charge is 0.240 e. The van der Waals surface area contributed by atoms with E-state index in [9.17, 15) is 5.11 Å². The van der Waals surface area contributed by atoms with Gasteiger partial charge in [-0.05, 0) is 16.9 Å². The van der Waals surface area contributed by atoms with Gasteiger partial charge in [0.15, 0.2) is 7.05 Å². The van der Waals surface area contributed by atoms with Gasteiger partial charge in [0.25, 0.3) is 0 Å². The number of aromatic nitrogens is 1. The van der Waals surface area contributed by atoms with Crippen molar-refractivity contribution >= 4 is 17.1 Å². The number of aromatic hydroxyl groups is 1. The zero-order chi connectivity index (χ0) is 10.8. The first kappa shape index (κ1) is 9.45. The number of phenols is 1. The van der Waals surface area contributed by atoms with Crippen LogP contribution in [0.5, 0.6) is 5.75 Å². The lowest BCUT2D eigenvalue weighted by atomic mass is 10.2. The van der Waals surface area contributed by atoms with Gasteiger partial charge in [0.05, 0.1) is 0 Å². The highest BCUT2D eigenvalue weighted by molar-refractivity contribution is 5.87. The van der Waals surface area contributed by atoms with Crippen molar-refractivity contribution < 1.29 is 15.1 Å². The maximum absolute atomic E-state index is 9.58. The fourth-order valence-corrected chi connectivity index (χ4v) is 1.41.